The Hall–Kier alpha value is -3.93. The number of hydrogen-bond donors (Lipinski definition) is 4. The molecule has 36 heavy (non-hydrogen) atoms. The Morgan fingerprint density at radius 3 is 2.67 bits per heavy atom. The Morgan fingerprint density at radius 2 is 1.97 bits per heavy atom. The van der Waals surface area contributed by atoms with Gasteiger partial charge < -0.3 is 20.4 Å². The van der Waals surface area contributed by atoms with Crippen LogP contribution >= 0.6 is 0 Å². The zero-order valence-corrected chi connectivity index (χ0v) is 20.4. The lowest BCUT2D eigenvalue weighted by Gasteiger charge is -2.31. The van der Waals surface area contributed by atoms with Gasteiger partial charge in [0.25, 0.3) is 5.91 Å². The summed E-state index contributed by atoms with van der Waals surface area (Å²) in [5.74, 6) is -2.67. The van der Waals surface area contributed by atoms with Gasteiger partial charge in [0.05, 0.1) is 23.2 Å². The largest absolute Gasteiger partial charge is 0.505 e. The minimum Gasteiger partial charge on any atom is -0.505 e. The monoisotopic (exact) mass is 513 g/mol. The molecule has 2 atom stereocenters. The maximum atomic E-state index is 13.1. The van der Waals surface area contributed by atoms with E-state index < -0.39 is 33.8 Å². The lowest BCUT2D eigenvalue weighted by molar-refractivity contribution is -0.143. The number of carbonyl (C=O) groups is 2. The Labute approximate surface area is 208 Å². The van der Waals surface area contributed by atoms with Crippen LogP contribution < -0.4 is 10.0 Å². The van der Waals surface area contributed by atoms with E-state index in [4.69, 9.17) is 0 Å². The van der Waals surface area contributed by atoms with Crippen LogP contribution in [0.3, 0.4) is 0 Å². The minimum atomic E-state index is -4.04. The van der Waals surface area contributed by atoms with Crippen molar-refractivity contribution in [2.45, 2.75) is 32.2 Å². The summed E-state index contributed by atoms with van der Waals surface area (Å²) in [6.45, 7) is 2.35. The first kappa shape index (κ1) is 25.2. The van der Waals surface area contributed by atoms with Gasteiger partial charge in [-0.2, -0.15) is 8.42 Å². The number of anilines is 1. The number of amides is 1. The molecule has 4 rings (SSSR count). The van der Waals surface area contributed by atoms with E-state index >= 15 is 0 Å². The zero-order valence-electron chi connectivity index (χ0n) is 19.6. The third kappa shape index (κ3) is 5.48. The van der Waals surface area contributed by atoms with Gasteiger partial charge in [0.15, 0.2) is 17.4 Å². The molecule has 0 aromatic heterocycles. The number of carbonyl (C=O) groups excluding carboxylic acids is 1. The van der Waals surface area contributed by atoms with Gasteiger partial charge in [-0.05, 0) is 37.0 Å². The molecule has 2 aromatic carbocycles. The van der Waals surface area contributed by atoms with Crippen LogP contribution in [-0.2, 0) is 15.0 Å². The van der Waals surface area contributed by atoms with Gasteiger partial charge in [-0.3, -0.25) is 14.6 Å². The van der Waals surface area contributed by atoms with Crippen molar-refractivity contribution in [2.24, 2.45) is 15.3 Å². The van der Waals surface area contributed by atoms with Crippen molar-refractivity contribution < 1.29 is 28.2 Å². The van der Waals surface area contributed by atoms with Crippen LogP contribution in [0.15, 0.2) is 57.9 Å². The van der Waals surface area contributed by atoms with E-state index in [1.165, 1.54) is 23.1 Å². The first-order valence-electron chi connectivity index (χ1n) is 11.6. The summed E-state index contributed by atoms with van der Waals surface area (Å²) in [4.78, 5) is 30.4. The smallest absolute Gasteiger partial charge is 0.345 e. The first-order valence-corrected chi connectivity index (χ1v) is 13.0. The van der Waals surface area contributed by atoms with Crippen LogP contribution in [0.5, 0.6) is 5.75 Å². The molecule has 1 amide bonds. The number of rotatable bonds is 6. The lowest BCUT2D eigenvalue weighted by Crippen LogP contribution is -2.42. The number of carboxylic acid groups (broad SMARTS) is 1. The zero-order chi connectivity index (χ0) is 25.9. The number of benzene rings is 2. The normalized spacial score (nSPS) is 20.9. The molecule has 1 saturated heterocycles. The quantitative estimate of drug-likeness (QED) is 0.432. The number of aliphatic carboxylic acids is 1. The van der Waals surface area contributed by atoms with Gasteiger partial charge in [-0.15, -0.1) is 4.40 Å². The van der Waals surface area contributed by atoms with Crippen LogP contribution in [0.2, 0.25) is 0 Å². The maximum Gasteiger partial charge on any atom is 0.345 e. The van der Waals surface area contributed by atoms with Crippen molar-refractivity contribution >= 4 is 39.4 Å². The molecule has 0 spiro atoms. The summed E-state index contributed by atoms with van der Waals surface area (Å²) in [5.41, 5.74) is 0.926. The molecule has 1 fully saturated rings. The molecule has 2 heterocycles. The van der Waals surface area contributed by atoms with Crippen molar-refractivity contribution in [2.75, 3.05) is 18.4 Å². The molecule has 0 saturated carbocycles. The van der Waals surface area contributed by atoms with E-state index in [2.05, 4.69) is 19.4 Å². The fraction of sp³-hybridized carbons (Fsp3) is 0.333. The number of piperidine rings is 1. The van der Waals surface area contributed by atoms with Crippen LogP contribution in [0, 0.1) is 5.92 Å². The molecule has 2 aromatic rings. The van der Waals surface area contributed by atoms with Crippen LogP contribution in [0.25, 0.3) is 0 Å². The second-order valence-corrected chi connectivity index (χ2v) is 9.92. The third-order valence-electron chi connectivity index (χ3n) is 6.09. The molecule has 190 valence electrons. The first-order chi connectivity index (χ1) is 17.2. The number of nitrogens with one attached hydrogen (secondary N) is 2. The van der Waals surface area contributed by atoms with E-state index in [1.807, 2.05) is 37.3 Å². The van der Waals surface area contributed by atoms with Gasteiger partial charge in [0, 0.05) is 13.1 Å². The summed E-state index contributed by atoms with van der Waals surface area (Å²) < 4.78 is 30.4. The van der Waals surface area contributed by atoms with E-state index in [-0.39, 0.29) is 35.5 Å². The number of aromatic hydroxyl groups is 1. The number of para-hydroxylation sites is 1. The van der Waals surface area contributed by atoms with E-state index in [0.717, 1.165) is 5.56 Å². The summed E-state index contributed by atoms with van der Waals surface area (Å²) in [6, 6.07) is 13.5. The predicted molar refractivity (Wildman–Crippen MR) is 134 cm³/mol. The highest BCUT2D eigenvalue weighted by molar-refractivity contribution is 7.89. The number of amidine groups is 2. The van der Waals surface area contributed by atoms with Gasteiger partial charge in [-0.25, -0.2) is 4.72 Å². The number of likely N-dealkylation sites (tertiary alicyclic amines) is 1. The topological polar surface area (TPSA) is 161 Å². The Bertz CT molecular complexity index is 1330. The standard InChI is InChI=1S/C24H27N5O6S/c1-2-18(15-8-4-3-5-9-15)25-21-22(28-36(34,35)27-21)26-19-12-6-11-17(20(19)30)23(31)29-13-7-10-16(14-29)24(32)33/h3-6,8-9,11-12,16,18,30H,2,7,10,13-14H2,1H3,(H,25,27)(H,26,28)(H,32,33)/t16-,18?/m1/s1. The summed E-state index contributed by atoms with van der Waals surface area (Å²) >= 11 is 0. The fourth-order valence-electron chi connectivity index (χ4n) is 4.24. The van der Waals surface area contributed by atoms with Gasteiger partial charge in [0.2, 0.25) is 0 Å². The third-order valence-corrected chi connectivity index (χ3v) is 6.97. The van der Waals surface area contributed by atoms with Crippen molar-refractivity contribution in [3.05, 3.63) is 59.7 Å². The molecular formula is C24H27N5O6S. The lowest BCUT2D eigenvalue weighted by atomic mass is 9.97. The molecule has 0 aliphatic carbocycles. The number of hydrogen-bond acceptors (Lipinski definition) is 7. The summed E-state index contributed by atoms with van der Waals surface area (Å²) in [7, 11) is -4.04. The molecule has 11 nitrogen and oxygen atoms in total. The van der Waals surface area contributed by atoms with Crippen molar-refractivity contribution in [3.8, 4) is 5.75 Å². The molecule has 2 aliphatic heterocycles. The molecule has 12 heteroatoms. The second-order valence-electron chi connectivity index (χ2n) is 8.58. The van der Waals surface area contributed by atoms with Crippen molar-refractivity contribution in [3.63, 3.8) is 0 Å². The number of phenolic OH excluding ortho intramolecular Hbond substituents is 1. The van der Waals surface area contributed by atoms with E-state index in [9.17, 15) is 28.2 Å². The number of nitrogens with zero attached hydrogens (tertiary/aromatic N) is 3. The molecular weight excluding hydrogens is 486 g/mol. The Kier molecular flexibility index (Phi) is 7.25. The highest BCUT2D eigenvalue weighted by atomic mass is 32.2. The van der Waals surface area contributed by atoms with Gasteiger partial charge >= 0.3 is 16.2 Å². The summed E-state index contributed by atoms with van der Waals surface area (Å²) in [5, 5.41) is 23.0. The molecule has 0 radical (unpaired) electrons. The number of phenols is 1. The number of aliphatic imine (C=N–C) groups is 1. The van der Waals surface area contributed by atoms with E-state index in [0.29, 0.717) is 25.8 Å². The highest BCUT2D eigenvalue weighted by Crippen LogP contribution is 2.31. The van der Waals surface area contributed by atoms with Crippen molar-refractivity contribution in [1.29, 1.82) is 0 Å². The van der Waals surface area contributed by atoms with Crippen LogP contribution in [-0.4, -0.2) is 60.2 Å². The van der Waals surface area contributed by atoms with E-state index in [1.54, 1.807) is 0 Å². The summed E-state index contributed by atoms with van der Waals surface area (Å²) in [6.07, 6.45) is 1.63. The maximum absolute atomic E-state index is 13.1. The Balaban J connectivity index is 1.60. The predicted octanol–water partition coefficient (Wildman–Crippen LogP) is 2.54. The molecule has 0 bridgehead atoms. The second kappa shape index (κ2) is 10.4. The van der Waals surface area contributed by atoms with Crippen LogP contribution in [0.4, 0.5) is 5.69 Å². The fourth-order valence-corrected chi connectivity index (χ4v) is 5.05. The van der Waals surface area contributed by atoms with Gasteiger partial charge in [-0.1, -0.05) is 43.3 Å². The number of carboxylic acids is 1. The van der Waals surface area contributed by atoms with Gasteiger partial charge in [0.1, 0.15) is 0 Å². The molecule has 1 unspecified atom stereocenters. The molecule has 4 N–H and O–H groups in total. The molecule has 2 aliphatic rings. The SMILES string of the molecule is CCC(N=C1NS(=O)(=O)N=C1Nc1cccc(C(=O)N2CCC[C@@H](C(=O)O)C2)c1O)c1ccccc1. The highest BCUT2D eigenvalue weighted by Gasteiger charge is 2.31. The minimum absolute atomic E-state index is 0.0119. The van der Waals surface area contributed by atoms with Crippen LogP contribution in [0.1, 0.15) is 48.1 Å². The average Bonchev–Trinajstić information content (AvgIpc) is 3.16. The van der Waals surface area contributed by atoms with Crippen molar-refractivity contribution in [1.82, 2.24) is 9.62 Å². The average molecular weight is 514 g/mol. The Morgan fingerprint density at radius 1 is 1.22 bits per heavy atom.